The van der Waals surface area contributed by atoms with E-state index >= 15 is 0 Å². The van der Waals surface area contributed by atoms with Crippen molar-refractivity contribution in [2.75, 3.05) is 12.8 Å². The van der Waals surface area contributed by atoms with Crippen molar-refractivity contribution in [1.29, 1.82) is 5.26 Å². The van der Waals surface area contributed by atoms with Gasteiger partial charge >= 0.3 is 0 Å². The smallest absolute Gasteiger partial charge is 0.140 e. The quantitative estimate of drug-likeness (QED) is 0.925. The second kappa shape index (κ2) is 5.98. The molecule has 0 aromatic heterocycles. The zero-order valence-electron chi connectivity index (χ0n) is 13.0. The first-order chi connectivity index (χ1) is 10.3. The minimum atomic E-state index is -2.87. The van der Waals surface area contributed by atoms with Gasteiger partial charge in [0.05, 0.1) is 27.1 Å². The molecule has 0 aliphatic heterocycles. The van der Waals surface area contributed by atoms with Gasteiger partial charge in [0.15, 0.2) is 0 Å². The second-order valence-corrected chi connectivity index (χ2v) is 8.89. The van der Waals surface area contributed by atoms with Crippen molar-refractivity contribution in [2.45, 2.75) is 42.9 Å². The lowest BCUT2D eigenvalue weighted by Gasteiger charge is -2.33. The maximum atomic E-state index is 14.1. The van der Waals surface area contributed by atoms with Crippen LogP contribution in [-0.2, 0) is 15.3 Å². The van der Waals surface area contributed by atoms with Crippen LogP contribution in [0.25, 0.3) is 0 Å². The van der Waals surface area contributed by atoms with Crippen LogP contribution < -0.4 is 5.73 Å². The summed E-state index contributed by atoms with van der Waals surface area (Å²) in [5.41, 5.74) is 5.45. The van der Waals surface area contributed by atoms with Crippen LogP contribution in [0.15, 0.2) is 28.6 Å². The molecule has 0 amide bonds. The minimum Gasteiger partial charge on any atom is -0.321 e. The molecule has 0 bridgehead atoms. The van der Waals surface area contributed by atoms with Gasteiger partial charge in [0, 0.05) is 12.6 Å². The van der Waals surface area contributed by atoms with Crippen LogP contribution in [0, 0.1) is 17.1 Å². The fourth-order valence-electron chi connectivity index (χ4n) is 3.23. The molecule has 2 atom stereocenters. The molecule has 0 heterocycles. The highest BCUT2D eigenvalue weighted by atomic mass is 32.2. The van der Waals surface area contributed by atoms with Crippen molar-refractivity contribution < 1.29 is 8.60 Å². The molecular weight excluding hydrogens is 301 g/mol. The number of hydrogen-bond acceptors (Lipinski definition) is 4. The summed E-state index contributed by atoms with van der Waals surface area (Å²) < 4.78 is 30.6. The lowest BCUT2D eigenvalue weighted by Crippen LogP contribution is -2.47. The van der Waals surface area contributed by atoms with Gasteiger partial charge in [0.2, 0.25) is 0 Å². The molecule has 1 aromatic rings. The fraction of sp³-hybridized carbons (Fsp3) is 0.562. The third kappa shape index (κ3) is 2.75. The number of benzene rings is 1. The zero-order valence-corrected chi connectivity index (χ0v) is 13.8. The molecule has 0 radical (unpaired) electrons. The van der Waals surface area contributed by atoms with E-state index in [1.54, 1.807) is 25.1 Å². The molecule has 2 N–H and O–H groups in total. The van der Waals surface area contributed by atoms with Gasteiger partial charge in [-0.05, 0) is 25.8 Å². The number of hydrogen-bond donors (Lipinski definition) is 1. The standard InChI is InChI=1S/C16H22FN3OS/c1-15(19,13-7-3-4-8-14(13)17)12-22(21,20-2)16(11-18)9-5-6-10-16/h3-4,7-8H,5-6,9-10,12,19H2,1-2H3. The first-order valence-electron chi connectivity index (χ1n) is 7.38. The third-order valence-corrected chi connectivity index (χ3v) is 7.81. The molecule has 6 heteroatoms. The van der Waals surface area contributed by atoms with Gasteiger partial charge in [0.1, 0.15) is 10.6 Å². The van der Waals surface area contributed by atoms with E-state index in [1.807, 2.05) is 0 Å². The molecule has 1 fully saturated rings. The average Bonchev–Trinajstić information content (AvgIpc) is 2.97. The Labute approximate surface area is 131 Å². The summed E-state index contributed by atoms with van der Waals surface area (Å²) in [7, 11) is -1.40. The van der Waals surface area contributed by atoms with Gasteiger partial charge < -0.3 is 5.73 Å². The molecule has 2 rings (SSSR count). The van der Waals surface area contributed by atoms with E-state index in [2.05, 4.69) is 10.4 Å². The summed E-state index contributed by atoms with van der Waals surface area (Å²) in [5.74, 6) is -0.451. The molecule has 2 unspecified atom stereocenters. The lowest BCUT2D eigenvalue weighted by molar-refractivity contribution is 0.498. The topological polar surface area (TPSA) is 79.2 Å². The van der Waals surface area contributed by atoms with Gasteiger partial charge in [-0.25, -0.2) is 13.0 Å². The normalized spacial score (nSPS) is 22.3. The van der Waals surface area contributed by atoms with E-state index in [4.69, 9.17) is 5.73 Å². The number of nitriles is 1. The highest BCUT2D eigenvalue weighted by Gasteiger charge is 2.47. The Kier molecular flexibility index (Phi) is 4.59. The van der Waals surface area contributed by atoms with E-state index in [0.717, 1.165) is 12.8 Å². The molecule has 120 valence electrons. The largest absolute Gasteiger partial charge is 0.321 e. The van der Waals surface area contributed by atoms with Crippen LogP contribution in [0.3, 0.4) is 0 Å². The molecule has 4 nitrogen and oxygen atoms in total. The van der Waals surface area contributed by atoms with E-state index < -0.39 is 25.8 Å². The van der Waals surface area contributed by atoms with E-state index in [0.29, 0.717) is 18.4 Å². The number of nitrogens with zero attached hydrogens (tertiary/aromatic N) is 2. The maximum Gasteiger partial charge on any atom is 0.140 e. The molecule has 0 saturated heterocycles. The Morgan fingerprint density at radius 1 is 1.45 bits per heavy atom. The number of halogens is 1. The summed E-state index contributed by atoms with van der Waals surface area (Å²) >= 11 is 0. The van der Waals surface area contributed by atoms with Gasteiger partial charge in [-0.15, -0.1) is 0 Å². The lowest BCUT2D eigenvalue weighted by atomic mass is 9.95. The molecule has 1 aliphatic rings. The second-order valence-electron chi connectivity index (χ2n) is 6.18. The molecule has 1 aromatic carbocycles. The van der Waals surface area contributed by atoms with Gasteiger partial charge in [-0.3, -0.25) is 0 Å². The highest BCUT2D eigenvalue weighted by molar-refractivity contribution is 7.95. The van der Waals surface area contributed by atoms with Crippen LogP contribution in [0.5, 0.6) is 0 Å². The Balaban J connectivity index is 2.45. The summed E-state index contributed by atoms with van der Waals surface area (Å²) in [5, 5.41) is 9.60. The van der Waals surface area contributed by atoms with Gasteiger partial charge in [-0.1, -0.05) is 31.0 Å². The van der Waals surface area contributed by atoms with Crippen LogP contribution in [-0.4, -0.2) is 21.8 Å². The zero-order chi connectivity index (χ0) is 16.4. The van der Waals surface area contributed by atoms with Crippen molar-refractivity contribution >= 4 is 9.73 Å². The van der Waals surface area contributed by atoms with E-state index in [1.165, 1.54) is 13.1 Å². The fourth-order valence-corrected chi connectivity index (χ4v) is 6.03. The van der Waals surface area contributed by atoms with Crippen molar-refractivity contribution in [3.05, 3.63) is 35.6 Å². The first-order valence-corrected chi connectivity index (χ1v) is 9.06. The third-order valence-electron chi connectivity index (χ3n) is 4.51. The molecule has 0 spiro atoms. The van der Waals surface area contributed by atoms with Crippen LogP contribution in [0.4, 0.5) is 4.39 Å². The molecular formula is C16H22FN3OS. The Morgan fingerprint density at radius 2 is 2.05 bits per heavy atom. The van der Waals surface area contributed by atoms with Crippen molar-refractivity contribution in [1.82, 2.24) is 0 Å². The van der Waals surface area contributed by atoms with Gasteiger partial charge in [0.25, 0.3) is 0 Å². The SMILES string of the molecule is CN=S(=O)(CC(C)(N)c1ccccc1F)C1(C#N)CCCC1. The highest BCUT2D eigenvalue weighted by Crippen LogP contribution is 2.40. The van der Waals surface area contributed by atoms with E-state index in [9.17, 15) is 13.9 Å². The van der Waals surface area contributed by atoms with Crippen LogP contribution >= 0.6 is 0 Å². The van der Waals surface area contributed by atoms with Crippen molar-refractivity contribution in [3.8, 4) is 6.07 Å². The molecule has 22 heavy (non-hydrogen) atoms. The van der Waals surface area contributed by atoms with E-state index in [-0.39, 0.29) is 5.75 Å². The Bertz CT molecular complexity index is 708. The summed E-state index contributed by atoms with van der Waals surface area (Å²) in [6, 6.07) is 8.46. The summed E-state index contributed by atoms with van der Waals surface area (Å²) in [4.78, 5) is 0. The first kappa shape index (κ1) is 16.9. The number of nitrogens with two attached hydrogens (primary N) is 1. The average molecular weight is 323 g/mol. The maximum absolute atomic E-state index is 14.1. The molecule has 1 saturated carbocycles. The Hall–Kier alpha value is -1.45. The van der Waals surface area contributed by atoms with Crippen molar-refractivity contribution in [3.63, 3.8) is 0 Å². The predicted molar refractivity (Wildman–Crippen MR) is 86.1 cm³/mol. The predicted octanol–water partition coefficient (Wildman–Crippen LogP) is 2.93. The summed E-state index contributed by atoms with van der Waals surface area (Å²) in [6.45, 7) is 1.65. The van der Waals surface area contributed by atoms with Crippen LogP contribution in [0.2, 0.25) is 0 Å². The molecule has 1 aliphatic carbocycles. The van der Waals surface area contributed by atoms with Gasteiger partial charge in [-0.2, -0.15) is 5.26 Å². The Morgan fingerprint density at radius 3 is 2.55 bits per heavy atom. The van der Waals surface area contributed by atoms with Crippen molar-refractivity contribution in [2.24, 2.45) is 10.1 Å². The minimum absolute atomic E-state index is 0.0228. The summed E-state index contributed by atoms with van der Waals surface area (Å²) in [6.07, 6.45) is 2.85. The monoisotopic (exact) mass is 323 g/mol. The van der Waals surface area contributed by atoms with Crippen LogP contribution in [0.1, 0.15) is 38.2 Å². The number of rotatable bonds is 4.